The summed E-state index contributed by atoms with van der Waals surface area (Å²) in [6.45, 7) is 6.28. The fourth-order valence-corrected chi connectivity index (χ4v) is 5.80. The minimum atomic E-state index is -1.12. The van der Waals surface area contributed by atoms with Crippen LogP contribution in [-0.4, -0.2) is 73.5 Å². The molecule has 12 nitrogen and oxygen atoms in total. The number of hydrogen-bond acceptors (Lipinski definition) is 9. The van der Waals surface area contributed by atoms with Gasteiger partial charge in [-0.25, -0.2) is 13.8 Å². The quantitative estimate of drug-likeness (QED) is 0.283. The van der Waals surface area contributed by atoms with E-state index in [1.54, 1.807) is 14.0 Å². The predicted molar refractivity (Wildman–Crippen MR) is 151 cm³/mol. The van der Waals surface area contributed by atoms with Gasteiger partial charge in [-0.2, -0.15) is 10.2 Å². The van der Waals surface area contributed by atoms with Crippen molar-refractivity contribution in [3.63, 3.8) is 0 Å². The molecule has 1 amide bonds. The van der Waals surface area contributed by atoms with Gasteiger partial charge in [-0.1, -0.05) is 11.3 Å². The van der Waals surface area contributed by atoms with Crippen molar-refractivity contribution in [2.45, 2.75) is 52.4 Å². The molecule has 0 saturated heterocycles. The Balaban J connectivity index is 2.00. The highest BCUT2D eigenvalue weighted by atomic mass is 32.1. The van der Waals surface area contributed by atoms with Gasteiger partial charge in [-0.15, -0.1) is 4.80 Å². The van der Waals surface area contributed by atoms with E-state index in [0.717, 1.165) is 15.9 Å². The number of rotatable bonds is 11. The van der Waals surface area contributed by atoms with Crippen molar-refractivity contribution in [3.05, 3.63) is 68.4 Å². The zero-order valence-corrected chi connectivity index (χ0v) is 24.5. The first-order valence-corrected chi connectivity index (χ1v) is 13.8. The molecule has 4 rings (SSSR count). The monoisotopic (exact) mass is 588 g/mol. The third-order valence-corrected chi connectivity index (χ3v) is 8.26. The summed E-state index contributed by atoms with van der Waals surface area (Å²) in [4.78, 5) is 44.5. The molecule has 2 atom stereocenters. The maximum atomic E-state index is 14.4. The number of fused-ring (bicyclic) bond motifs is 1. The van der Waals surface area contributed by atoms with Gasteiger partial charge in [0.2, 0.25) is 5.91 Å². The molecule has 0 saturated carbocycles. The summed E-state index contributed by atoms with van der Waals surface area (Å²) in [6.07, 6.45) is 2.02. The summed E-state index contributed by atoms with van der Waals surface area (Å²) < 4.78 is 28.0. The standard InChI is InChI=1S/C27H33FN6O6S/c1-15(2)31(5)23(36)17(4)33-24(37)22-16(3)25(34-29-9-10-30-34)41-26(22)32(27(33)38)14-21(40-12-11-35)19-13-18(28)7-8-20(19)39-6/h7-10,13,15,17,21,35H,11-12,14H2,1-6H3/t17-,21+/m0/s1. The first-order chi connectivity index (χ1) is 19.5. The van der Waals surface area contributed by atoms with Gasteiger partial charge in [-0.05, 0) is 45.9 Å². The maximum absolute atomic E-state index is 14.4. The van der Waals surface area contributed by atoms with Crippen LogP contribution in [0.4, 0.5) is 4.39 Å². The molecule has 0 aliphatic carbocycles. The van der Waals surface area contributed by atoms with Crippen LogP contribution < -0.4 is 16.0 Å². The molecular formula is C27H33FN6O6S. The molecule has 41 heavy (non-hydrogen) atoms. The Kier molecular flexibility index (Phi) is 9.05. The van der Waals surface area contributed by atoms with Crippen LogP contribution >= 0.6 is 11.3 Å². The molecule has 3 heterocycles. The fourth-order valence-electron chi connectivity index (χ4n) is 4.58. The van der Waals surface area contributed by atoms with Crippen LogP contribution in [0.25, 0.3) is 15.2 Å². The number of aliphatic hydroxyl groups is 1. The summed E-state index contributed by atoms with van der Waals surface area (Å²) in [6, 6.07) is 2.63. The number of nitrogens with zero attached hydrogens (tertiary/aromatic N) is 6. The molecule has 1 N–H and O–H groups in total. The van der Waals surface area contributed by atoms with Crippen molar-refractivity contribution in [2.24, 2.45) is 0 Å². The third kappa shape index (κ3) is 5.67. The lowest BCUT2D eigenvalue weighted by Crippen LogP contribution is -2.47. The topological polar surface area (TPSA) is 134 Å². The largest absolute Gasteiger partial charge is 0.496 e. The SMILES string of the molecule is COc1ccc(F)cc1[C@@H](Cn1c(=O)n([C@@H](C)C(=O)N(C)C(C)C)c(=O)c2c(C)c(-n3nccn3)sc21)OCCO. The van der Waals surface area contributed by atoms with Gasteiger partial charge in [0.05, 0.1) is 44.6 Å². The highest BCUT2D eigenvalue weighted by molar-refractivity contribution is 7.21. The number of aromatic nitrogens is 5. The van der Waals surface area contributed by atoms with E-state index < -0.39 is 35.1 Å². The molecule has 4 aromatic rings. The van der Waals surface area contributed by atoms with E-state index >= 15 is 0 Å². The van der Waals surface area contributed by atoms with Crippen molar-refractivity contribution >= 4 is 27.5 Å². The summed E-state index contributed by atoms with van der Waals surface area (Å²) in [5, 5.41) is 18.6. The number of likely N-dealkylation sites (N-methyl/N-ethyl adjacent to an activating group) is 1. The molecule has 220 valence electrons. The highest BCUT2D eigenvalue weighted by Crippen LogP contribution is 2.34. The number of methoxy groups -OCH3 is 1. The number of carbonyl (C=O) groups is 1. The van der Waals surface area contributed by atoms with Gasteiger partial charge >= 0.3 is 5.69 Å². The van der Waals surface area contributed by atoms with E-state index in [1.807, 2.05) is 13.8 Å². The van der Waals surface area contributed by atoms with Crippen LogP contribution in [0.1, 0.15) is 44.0 Å². The molecule has 0 unspecified atom stereocenters. The molecule has 14 heteroatoms. The zero-order valence-electron chi connectivity index (χ0n) is 23.7. The van der Waals surface area contributed by atoms with Crippen LogP contribution in [-0.2, 0) is 16.1 Å². The number of carbonyl (C=O) groups excluding carboxylic acids is 1. The first kappa shape index (κ1) is 30.1. The van der Waals surface area contributed by atoms with Gasteiger partial charge in [0, 0.05) is 24.2 Å². The number of aryl methyl sites for hydroxylation is 1. The van der Waals surface area contributed by atoms with Gasteiger partial charge in [0.25, 0.3) is 5.56 Å². The van der Waals surface area contributed by atoms with Crippen molar-refractivity contribution in [1.82, 2.24) is 29.0 Å². The van der Waals surface area contributed by atoms with Crippen LogP contribution in [0.5, 0.6) is 5.75 Å². The number of aliphatic hydroxyl groups excluding tert-OH is 1. The maximum Gasteiger partial charge on any atom is 0.332 e. The van der Waals surface area contributed by atoms with Crippen LogP contribution in [0, 0.1) is 12.7 Å². The number of thiophene rings is 1. The number of benzene rings is 1. The summed E-state index contributed by atoms with van der Waals surface area (Å²) in [5.41, 5.74) is -0.524. The Morgan fingerprint density at radius 1 is 1.20 bits per heavy atom. The molecular weight excluding hydrogens is 555 g/mol. The Hall–Kier alpha value is -3.88. The number of amides is 1. The zero-order chi connectivity index (χ0) is 30.0. The second-order valence-electron chi connectivity index (χ2n) is 9.79. The van der Waals surface area contributed by atoms with E-state index in [9.17, 15) is 23.9 Å². The van der Waals surface area contributed by atoms with Crippen LogP contribution in [0.3, 0.4) is 0 Å². The van der Waals surface area contributed by atoms with Gasteiger partial charge in [-0.3, -0.25) is 14.2 Å². The smallest absolute Gasteiger partial charge is 0.332 e. The normalized spacial score (nSPS) is 13.1. The van der Waals surface area contributed by atoms with E-state index in [4.69, 9.17) is 9.47 Å². The number of hydrogen-bond donors (Lipinski definition) is 1. The summed E-state index contributed by atoms with van der Waals surface area (Å²) in [7, 11) is 3.03. The lowest BCUT2D eigenvalue weighted by molar-refractivity contribution is -0.134. The van der Waals surface area contributed by atoms with Crippen molar-refractivity contribution in [2.75, 3.05) is 27.4 Å². The molecule has 3 aromatic heterocycles. The Labute approximate surface area is 239 Å². The molecule has 1 aromatic carbocycles. The van der Waals surface area contributed by atoms with Gasteiger partial charge in [0.15, 0.2) is 0 Å². The van der Waals surface area contributed by atoms with Crippen molar-refractivity contribution < 1.29 is 23.8 Å². The second-order valence-corrected chi connectivity index (χ2v) is 10.8. The molecule has 0 aliphatic heterocycles. The number of ether oxygens (including phenoxy) is 2. The lowest BCUT2D eigenvalue weighted by Gasteiger charge is -2.27. The minimum absolute atomic E-state index is 0.109. The Morgan fingerprint density at radius 2 is 1.88 bits per heavy atom. The van der Waals surface area contributed by atoms with E-state index in [0.29, 0.717) is 26.7 Å². The van der Waals surface area contributed by atoms with E-state index in [-0.39, 0.29) is 31.2 Å². The summed E-state index contributed by atoms with van der Waals surface area (Å²) in [5.74, 6) is -0.638. The molecule has 0 aliphatic rings. The molecule has 0 fully saturated rings. The lowest BCUT2D eigenvalue weighted by atomic mass is 10.1. The Morgan fingerprint density at radius 3 is 2.49 bits per heavy atom. The van der Waals surface area contributed by atoms with Crippen LogP contribution in [0.15, 0.2) is 40.2 Å². The summed E-state index contributed by atoms with van der Waals surface area (Å²) >= 11 is 1.13. The van der Waals surface area contributed by atoms with Crippen LogP contribution in [0.2, 0.25) is 0 Å². The van der Waals surface area contributed by atoms with Gasteiger partial charge in [0.1, 0.15) is 33.5 Å². The Bertz CT molecular complexity index is 1660. The van der Waals surface area contributed by atoms with Crippen molar-refractivity contribution in [1.29, 1.82) is 0 Å². The van der Waals surface area contributed by atoms with Gasteiger partial charge < -0.3 is 19.5 Å². The highest BCUT2D eigenvalue weighted by Gasteiger charge is 2.30. The van der Waals surface area contributed by atoms with E-state index in [2.05, 4.69) is 10.2 Å². The average molecular weight is 589 g/mol. The van der Waals surface area contributed by atoms with Crippen molar-refractivity contribution in [3.8, 4) is 10.8 Å². The van der Waals surface area contributed by atoms with E-state index in [1.165, 1.54) is 58.9 Å². The number of halogens is 1. The molecule has 0 spiro atoms. The minimum Gasteiger partial charge on any atom is -0.496 e. The molecule has 0 radical (unpaired) electrons. The second kappa shape index (κ2) is 12.3. The third-order valence-electron chi connectivity index (χ3n) is 6.98. The average Bonchev–Trinajstić information content (AvgIpc) is 3.60. The predicted octanol–water partition coefficient (Wildman–Crippen LogP) is 2.44. The fraction of sp³-hybridized carbons (Fsp3) is 0.444. The molecule has 0 bridgehead atoms. The first-order valence-electron chi connectivity index (χ1n) is 13.0.